The fourth-order valence-electron chi connectivity index (χ4n) is 3.33. The molecule has 0 saturated carbocycles. The summed E-state index contributed by atoms with van der Waals surface area (Å²) in [5.74, 6) is 0.0595. The molecule has 1 fully saturated rings. The predicted molar refractivity (Wildman–Crippen MR) is 114 cm³/mol. The van der Waals surface area contributed by atoms with E-state index in [4.69, 9.17) is 11.6 Å². The third-order valence-corrected chi connectivity index (χ3v) is 5.19. The van der Waals surface area contributed by atoms with Crippen LogP contribution in [0.4, 0.5) is 0 Å². The van der Waals surface area contributed by atoms with Gasteiger partial charge in [0.2, 0.25) is 5.91 Å². The normalized spacial score (nSPS) is 16.4. The minimum absolute atomic E-state index is 0. The van der Waals surface area contributed by atoms with Crippen LogP contribution in [0.2, 0.25) is 5.02 Å². The fraction of sp³-hybridized carbons (Fsp3) is 0.381. The molecule has 6 heteroatoms. The Balaban J connectivity index is 0.00000261. The monoisotopic (exact) mass is 407 g/mol. The summed E-state index contributed by atoms with van der Waals surface area (Å²) in [6, 6.07) is 18.0. The lowest BCUT2D eigenvalue weighted by molar-refractivity contribution is -0.120. The average molecular weight is 408 g/mol. The molecule has 146 valence electrons. The number of rotatable bonds is 6. The number of likely N-dealkylation sites (N-methyl/N-ethyl adjacent to an activating group) is 1. The summed E-state index contributed by atoms with van der Waals surface area (Å²) in [5, 5.41) is 3.86. The maximum Gasteiger partial charge on any atom is 0.224 e. The Morgan fingerprint density at radius 3 is 2.30 bits per heavy atom. The first-order chi connectivity index (χ1) is 12.6. The number of hydrogen-bond donors (Lipinski definition) is 1. The number of carbonyl (C=O) groups excluding carboxylic acids is 1. The molecule has 27 heavy (non-hydrogen) atoms. The molecule has 1 heterocycles. The molecule has 0 aliphatic carbocycles. The van der Waals surface area contributed by atoms with Crippen molar-refractivity contribution >= 4 is 29.9 Å². The highest BCUT2D eigenvalue weighted by Crippen LogP contribution is 2.23. The highest BCUT2D eigenvalue weighted by atomic mass is 35.5. The summed E-state index contributed by atoms with van der Waals surface area (Å²) in [6.45, 7) is 4.69. The van der Waals surface area contributed by atoms with Gasteiger partial charge in [-0.3, -0.25) is 9.69 Å². The van der Waals surface area contributed by atoms with E-state index in [1.165, 1.54) is 5.56 Å². The van der Waals surface area contributed by atoms with Crippen molar-refractivity contribution in [2.75, 3.05) is 39.8 Å². The Hall–Kier alpha value is -1.59. The molecule has 0 bridgehead atoms. The van der Waals surface area contributed by atoms with Gasteiger partial charge >= 0.3 is 0 Å². The molecule has 2 aromatic carbocycles. The van der Waals surface area contributed by atoms with Crippen LogP contribution in [-0.2, 0) is 11.2 Å². The van der Waals surface area contributed by atoms with Crippen molar-refractivity contribution in [3.8, 4) is 0 Å². The third-order valence-electron chi connectivity index (χ3n) is 4.93. The molecule has 3 rings (SSSR count). The summed E-state index contributed by atoms with van der Waals surface area (Å²) in [7, 11) is 2.15. The summed E-state index contributed by atoms with van der Waals surface area (Å²) in [6.07, 6.45) is 0.414. The lowest BCUT2D eigenvalue weighted by atomic mass is 10.0. The first kappa shape index (κ1) is 21.7. The van der Waals surface area contributed by atoms with Gasteiger partial charge in [0, 0.05) is 37.7 Å². The maximum absolute atomic E-state index is 12.4. The molecule has 1 unspecified atom stereocenters. The largest absolute Gasteiger partial charge is 0.354 e. The maximum atomic E-state index is 12.4. The van der Waals surface area contributed by atoms with Gasteiger partial charge < -0.3 is 10.2 Å². The lowest BCUT2D eigenvalue weighted by Gasteiger charge is -2.38. The zero-order chi connectivity index (χ0) is 18.4. The molecular weight excluding hydrogens is 381 g/mol. The summed E-state index contributed by atoms with van der Waals surface area (Å²) >= 11 is 6.05. The molecule has 1 N–H and O–H groups in total. The molecule has 2 aromatic rings. The van der Waals surface area contributed by atoms with E-state index in [9.17, 15) is 4.79 Å². The van der Waals surface area contributed by atoms with Crippen molar-refractivity contribution in [3.05, 3.63) is 70.7 Å². The number of amides is 1. The van der Waals surface area contributed by atoms with Gasteiger partial charge in [0.05, 0.1) is 12.5 Å². The van der Waals surface area contributed by atoms with Crippen molar-refractivity contribution in [1.29, 1.82) is 0 Å². The molecular formula is C21H27Cl2N3O. The van der Waals surface area contributed by atoms with Crippen LogP contribution in [0.1, 0.15) is 17.2 Å². The first-order valence-corrected chi connectivity index (χ1v) is 9.48. The molecule has 4 nitrogen and oxygen atoms in total. The van der Waals surface area contributed by atoms with Crippen molar-refractivity contribution in [2.24, 2.45) is 0 Å². The molecule has 1 aliphatic heterocycles. The zero-order valence-electron chi connectivity index (χ0n) is 15.6. The molecule has 0 aromatic heterocycles. The number of hydrogen-bond acceptors (Lipinski definition) is 3. The van der Waals surface area contributed by atoms with E-state index in [1.54, 1.807) is 0 Å². The quantitative estimate of drug-likeness (QED) is 0.796. The van der Waals surface area contributed by atoms with E-state index in [0.717, 1.165) is 36.8 Å². The van der Waals surface area contributed by atoms with Gasteiger partial charge in [-0.15, -0.1) is 12.4 Å². The van der Waals surface area contributed by atoms with Crippen molar-refractivity contribution in [1.82, 2.24) is 15.1 Å². The van der Waals surface area contributed by atoms with Gasteiger partial charge in [-0.1, -0.05) is 54.1 Å². The second kappa shape index (κ2) is 10.7. The smallest absolute Gasteiger partial charge is 0.224 e. The highest BCUT2D eigenvalue weighted by Gasteiger charge is 2.24. The third kappa shape index (κ3) is 6.51. The number of piperazine rings is 1. The minimum atomic E-state index is 0. The average Bonchev–Trinajstić information content (AvgIpc) is 2.65. The molecule has 1 amide bonds. The second-order valence-corrected chi connectivity index (χ2v) is 7.31. The van der Waals surface area contributed by atoms with E-state index in [0.29, 0.717) is 13.0 Å². The van der Waals surface area contributed by atoms with Crippen LogP contribution in [0.25, 0.3) is 0 Å². The lowest BCUT2D eigenvalue weighted by Crippen LogP contribution is -2.48. The number of nitrogens with zero attached hydrogens (tertiary/aromatic N) is 2. The van der Waals surface area contributed by atoms with Gasteiger partial charge in [0.1, 0.15) is 0 Å². The van der Waals surface area contributed by atoms with Crippen LogP contribution in [0.5, 0.6) is 0 Å². The van der Waals surface area contributed by atoms with Crippen LogP contribution in [0.15, 0.2) is 54.6 Å². The zero-order valence-corrected chi connectivity index (χ0v) is 17.2. The van der Waals surface area contributed by atoms with Gasteiger partial charge in [-0.2, -0.15) is 0 Å². The van der Waals surface area contributed by atoms with Crippen LogP contribution >= 0.6 is 24.0 Å². The van der Waals surface area contributed by atoms with E-state index in [-0.39, 0.29) is 24.4 Å². The Kier molecular flexibility index (Phi) is 8.58. The second-order valence-electron chi connectivity index (χ2n) is 6.87. The van der Waals surface area contributed by atoms with Gasteiger partial charge in [0.25, 0.3) is 0 Å². The number of halogens is 2. The predicted octanol–water partition coefficient (Wildman–Crippen LogP) is 3.41. The van der Waals surface area contributed by atoms with E-state index in [1.807, 2.05) is 42.5 Å². The molecule has 1 saturated heterocycles. The highest BCUT2D eigenvalue weighted by molar-refractivity contribution is 6.30. The van der Waals surface area contributed by atoms with E-state index in [2.05, 4.69) is 34.3 Å². The van der Waals surface area contributed by atoms with E-state index < -0.39 is 0 Å². The Bertz CT molecular complexity index is 701. The summed E-state index contributed by atoms with van der Waals surface area (Å²) in [5.41, 5.74) is 2.23. The molecule has 1 aliphatic rings. The minimum Gasteiger partial charge on any atom is -0.354 e. The van der Waals surface area contributed by atoms with Crippen LogP contribution in [0, 0.1) is 0 Å². The fourth-order valence-corrected chi connectivity index (χ4v) is 3.46. The number of nitrogens with one attached hydrogen (secondary N) is 1. The van der Waals surface area contributed by atoms with Crippen molar-refractivity contribution < 1.29 is 4.79 Å². The molecule has 0 radical (unpaired) electrons. The Morgan fingerprint density at radius 2 is 1.67 bits per heavy atom. The van der Waals surface area contributed by atoms with Gasteiger partial charge in [0.15, 0.2) is 0 Å². The van der Waals surface area contributed by atoms with Gasteiger partial charge in [-0.05, 0) is 30.3 Å². The van der Waals surface area contributed by atoms with Gasteiger partial charge in [-0.25, -0.2) is 0 Å². The van der Waals surface area contributed by atoms with Crippen LogP contribution in [0.3, 0.4) is 0 Å². The topological polar surface area (TPSA) is 35.6 Å². The van der Waals surface area contributed by atoms with E-state index >= 15 is 0 Å². The Morgan fingerprint density at radius 1 is 1.04 bits per heavy atom. The summed E-state index contributed by atoms with van der Waals surface area (Å²) in [4.78, 5) is 17.2. The number of benzene rings is 2. The van der Waals surface area contributed by atoms with Crippen LogP contribution in [-0.4, -0.2) is 55.5 Å². The Labute approximate surface area is 172 Å². The first-order valence-electron chi connectivity index (χ1n) is 9.10. The number of carbonyl (C=O) groups is 1. The molecule has 0 spiro atoms. The molecule has 1 atom stereocenters. The van der Waals surface area contributed by atoms with Crippen molar-refractivity contribution in [3.63, 3.8) is 0 Å². The van der Waals surface area contributed by atoms with Crippen LogP contribution < -0.4 is 5.32 Å². The van der Waals surface area contributed by atoms with Crippen molar-refractivity contribution in [2.45, 2.75) is 12.5 Å². The standard InChI is InChI=1S/C21H26ClN3O.ClH/c1-24-11-13-25(14-12-24)20(18-7-9-19(22)10-8-18)16-23-21(26)15-17-5-3-2-4-6-17;/h2-10,20H,11-16H2,1H3,(H,23,26);1H. The SMILES string of the molecule is CN1CCN(C(CNC(=O)Cc2ccccc2)c2ccc(Cl)cc2)CC1.Cl. The summed E-state index contributed by atoms with van der Waals surface area (Å²) < 4.78 is 0.